The molecule has 0 saturated heterocycles. The van der Waals surface area contributed by atoms with E-state index in [-0.39, 0.29) is 5.56 Å². The lowest BCUT2D eigenvalue weighted by Crippen LogP contribution is -2.22. The number of hydrogen-bond acceptors (Lipinski definition) is 2. The van der Waals surface area contributed by atoms with Gasteiger partial charge >= 0.3 is 0 Å². The van der Waals surface area contributed by atoms with Gasteiger partial charge in [0.15, 0.2) is 0 Å². The SMILES string of the molecule is Cc1cccc(-n2c(/C=C/c3c(C)n(C)c4ccccc34)nc3ccccc3c2=O)c1. The molecule has 0 aliphatic carbocycles. The summed E-state index contributed by atoms with van der Waals surface area (Å²) in [4.78, 5) is 18.3. The van der Waals surface area contributed by atoms with E-state index >= 15 is 0 Å². The highest BCUT2D eigenvalue weighted by atomic mass is 16.1. The fourth-order valence-corrected chi connectivity index (χ4v) is 4.20. The molecule has 31 heavy (non-hydrogen) atoms. The van der Waals surface area contributed by atoms with E-state index in [1.807, 2.05) is 61.5 Å². The van der Waals surface area contributed by atoms with E-state index < -0.39 is 0 Å². The van der Waals surface area contributed by atoms with Crippen molar-refractivity contribution >= 4 is 34.0 Å². The standard InChI is InChI=1S/C27H23N3O/c1-18-9-8-10-20(17-18)30-26(28-24-13-6-4-12-23(24)27(30)31)16-15-21-19(2)29(3)25-14-7-5-11-22(21)25/h4-17H,1-3H3/b16-15+. The Morgan fingerprint density at radius 1 is 0.839 bits per heavy atom. The van der Waals surface area contributed by atoms with E-state index in [1.54, 1.807) is 4.57 Å². The molecule has 0 saturated carbocycles. The third-order valence-corrected chi connectivity index (χ3v) is 5.91. The highest BCUT2D eigenvalue weighted by Gasteiger charge is 2.13. The minimum Gasteiger partial charge on any atom is -0.347 e. The Balaban J connectivity index is 1.77. The van der Waals surface area contributed by atoms with Gasteiger partial charge in [0.25, 0.3) is 5.56 Å². The molecule has 5 aromatic rings. The van der Waals surface area contributed by atoms with Gasteiger partial charge in [-0.1, -0.05) is 42.5 Å². The highest BCUT2D eigenvalue weighted by molar-refractivity contribution is 5.93. The molecule has 0 fully saturated rings. The molecule has 0 atom stereocenters. The second kappa shape index (κ2) is 7.40. The van der Waals surface area contributed by atoms with Crippen LogP contribution in [0.1, 0.15) is 22.6 Å². The molecule has 0 amide bonds. The van der Waals surface area contributed by atoms with Crippen LogP contribution in [-0.2, 0) is 7.05 Å². The summed E-state index contributed by atoms with van der Waals surface area (Å²) in [5.41, 5.74) is 6.03. The molecule has 4 nitrogen and oxygen atoms in total. The Kier molecular flexibility index (Phi) is 4.55. The van der Waals surface area contributed by atoms with E-state index in [1.165, 1.54) is 16.6 Å². The van der Waals surface area contributed by atoms with Crippen LogP contribution in [0.5, 0.6) is 0 Å². The third kappa shape index (κ3) is 3.17. The largest absolute Gasteiger partial charge is 0.347 e. The Bertz CT molecular complexity index is 1540. The van der Waals surface area contributed by atoms with Gasteiger partial charge in [0, 0.05) is 29.2 Å². The molecule has 0 unspecified atom stereocenters. The van der Waals surface area contributed by atoms with Crippen molar-refractivity contribution < 1.29 is 0 Å². The number of hydrogen-bond donors (Lipinski definition) is 0. The van der Waals surface area contributed by atoms with Gasteiger partial charge in [-0.15, -0.1) is 0 Å². The maximum atomic E-state index is 13.4. The zero-order valence-corrected chi connectivity index (χ0v) is 17.8. The van der Waals surface area contributed by atoms with Gasteiger partial charge in [0.1, 0.15) is 5.82 Å². The topological polar surface area (TPSA) is 39.8 Å². The molecule has 2 heterocycles. The average Bonchev–Trinajstić information content (AvgIpc) is 3.02. The normalized spacial score (nSPS) is 11.7. The van der Waals surface area contributed by atoms with Crippen LogP contribution in [0, 0.1) is 13.8 Å². The van der Waals surface area contributed by atoms with Crippen molar-refractivity contribution in [1.29, 1.82) is 0 Å². The zero-order valence-electron chi connectivity index (χ0n) is 17.8. The second-order valence-corrected chi connectivity index (χ2v) is 7.88. The number of nitrogens with zero attached hydrogens (tertiary/aromatic N) is 3. The van der Waals surface area contributed by atoms with Crippen molar-refractivity contribution in [2.75, 3.05) is 0 Å². The van der Waals surface area contributed by atoms with Crippen LogP contribution in [0.3, 0.4) is 0 Å². The maximum Gasteiger partial charge on any atom is 0.266 e. The summed E-state index contributed by atoms with van der Waals surface area (Å²) >= 11 is 0. The van der Waals surface area contributed by atoms with Gasteiger partial charge in [0.2, 0.25) is 0 Å². The number of para-hydroxylation sites is 2. The van der Waals surface area contributed by atoms with Gasteiger partial charge in [-0.3, -0.25) is 9.36 Å². The first-order valence-corrected chi connectivity index (χ1v) is 10.4. The van der Waals surface area contributed by atoms with Crippen molar-refractivity contribution in [3.05, 3.63) is 106 Å². The van der Waals surface area contributed by atoms with E-state index in [2.05, 4.69) is 48.9 Å². The van der Waals surface area contributed by atoms with Crippen LogP contribution in [0.25, 0.3) is 39.6 Å². The monoisotopic (exact) mass is 405 g/mol. The summed E-state index contributed by atoms with van der Waals surface area (Å²) in [5, 5.41) is 1.80. The van der Waals surface area contributed by atoms with Crippen LogP contribution < -0.4 is 5.56 Å². The van der Waals surface area contributed by atoms with Crippen LogP contribution in [0.4, 0.5) is 0 Å². The average molecular weight is 406 g/mol. The summed E-state index contributed by atoms with van der Waals surface area (Å²) in [6.45, 7) is 4.14. The van der Waals surface area contributed by atoms with Crippen LogP contribution in [0.15, 0.2) is 77.6 Å². The predicted octanol–water partition coefficient (Wildman–Crippen LogP) is 5.66. The minimum absolute atomic E-state index is 0.0644. The summed E-state index contributed by atoms with van der Waals surface area (Å²) in [5.74, 6) is 0.613. The van der Waals surface area contributed by atoms with Crippen molar-refractivity contribution in [2.24, 2.45) is 7.05 Å². The van der Waals surface area contributed by atoms with Crippen LogP contribution in [0.2, 0.25) is 0 Å². The summed E-state index contributed by atoms with van der Waals surface area (Å²) in [6.07, 6.45) is 4.02. The number of aryl methyl sites for hydroxylation is 2. The Morgan fingerprint density at radius 2 is 1.58 bits per heavy atom. The van der Waals surface area contributed by atoms with E-state index in [4.69, 9.17) is 4.98 Å². The number of fused-ring (bicyclic) bond motifs is 2. The summed E-state index contributed by atoms with van der Waals surface area (Å²) in [7, 11) is 2.08. The Labute approximate surface area is 180 Å². The lowest BCUT2D eigenvalue weighted by Gasteiger charge is -2.12. The van der Waals surface area contributed by atoms with Gasteiger partial charge < -0.3 is 4.57 Å². The smallest absolute Gasteiger partial charge is 0.266 e. The number of rotatable bonds is 3. The van der Waals surface area contributed by atoms with Crippen molar-refractivity contribution in [2.45, 2.75) is 13.8 Å². The van der Waals surface area contributed by atoms with Crippen molar-refractivity contribution in [3.8, 4) is 5.69 Å². The van der Waals surface area contributed by atoms with Gasteiger partial charge in [-0.2, -0.15) is 0 Å². The minimum atomic E-state index is -0.0644. The first kappa shape index (κ1) is 19.1. The lowest BCUT2D eigenvalue weighted by atomic mass is 10.1. The molecule has 0 radical (unpaired) electrons. The second-order valence-electron chi connectivity index (χ2n) is 7.88. The Hall–Kier alpha value is -3.92. The van der Waals surface area contributed by atoms with E-state index in [9.17, 15) is 4.79 Å². The summed E-state index contributed by atoms with van der Waals surface area (Å²) in [6, 6.07) is 23.8. The molecular weight excluding hydrogens is 382 g/mol. The van der Waals surface area contributed by atoms with Gasteiger partial charge in [0.05, 0.1) is 16.6 Å². The molecule has 2 aromatic heterocycles. The molecule has 3 aromatic carbocycles. The molecule has 152 valence electrons. The van der Waals surface area contributed by atoms with E-state index in [0.717, 1.165) is 16.8 Å². The fourth-order valence-electron chi connectivity index (χ4n) is 4.20. The van der Waals surface area contributed by atoms with Crippen LogP contribution in [-0.4, -0.2) is 14.1 Å². The van der Waals surface area contributed by atoms with Crippen LogP contribution >= 0.6 is 0 Å². The number of benzene rings is 3. The van der Waals surface area contributed by atoms with Crippen molar-refractivity contribution in [1.82, 2.24) is 14.1 Å². The molecule has 0 spiro atoms. The molecule has 0 aliphatic rings. The predicted molar refractivity (Wildman–Crippen MR) is 129 cm³/mol. The molecule has 0 N–H and O–H groups in total. The maximum absolute atomic E-state index is 13.4. The first-order valence-electron chi connectivity index (χ1n) is 10.4. The van der Waals surface area contributed by atoms with Gasteiger partial charge in [-0.25, -0.2) is 4.98 Å². The molecule has 0 aliphatic heterocycles. The molecule has 0 bridgehead atoms. The highest BCUT2D eigenvalue weighted by Crippen LogP contribution is 2.27. The van der Waals surface area contributed by atoms with Gasteiger partial charge in [-0.05, 0) is 61.9 Å². The fraction of sp³-hybridized carbons (Fsp3) is 0.111. The first-order chi connectivity index (χ1) is 15.0. The van der Waals surface area contributed by atoms with Crippen molar-refractivity contribution in [3.63, 3.8) is 0 Å². The number of aromatic nitrogens is 3. The molecule has 5 rings (SSSR count). The lowest BCUT2D eigenvalue weighted by molar-refractivity contribution is 0.916. The third-order valence-electron chi connectivity index (χ3n) is 5.91. The Morgan fingerprint density at radius 3 is 2.39 bits per heavy atom. The zero-order chi connectivity index (χ0) is 21.5. The molecular formula is C27H23N3O. The van der Waals surface area contributed by atoms with E-state index in [0.29, 0.717) is 16.7 Å². The summed E-state index contributed by atoms with van der Waals surface area (Å²) < 4.78 is 3.89. The quantitative estimate of drug-likeness (QED) is 0.388. The molecule has 4 heteroatoms.